The largest absolute Gasteiger partial charge is 0.434 e. The zero-order valence-electron chi connectivity index (χ0n) is 11.9. The molecule has 7 heteroatoms. The van der Waals surface area contributed by atoms with Gasteiger partial charge in [0.2, 0.25) is 0 Å². The molecular formula is C14H17N3O4. The van der Waals surface area contributed by atoms with Crippen LogP contribution in [0.2, 0.25) is 0 Å². The van der Waals surface area contributed by atoms with Gasteiger partial charge in [-0.25, -0.2) is 4.68 Å². The molecule has 1 aromatic heterocycles. The normalized spacial score (nSPS) is 10.6. The van der Waals surface area contributed by atoms with E-state index in [0.717, 1.165) is 6.42 Å². The Morgan fingerprint density at radius 1 is 1.48 bits per heavy atom. The molecule has 7 nitrogen and oxygen atoms in total. The standard InChI is InChI=1S/C14H17N3O4/c1-3-5-12-13(17(19)20)14(16(2)15-12)21-11-7-4-6-10(8-11)9-18/h4,6-8,18H,3,5,9H2,1-2H3. The van der Waals surface area contributed by atoms with E-state index in [4.69, 9.17) is 9.84 Å². The van der Waals surface area contributed by atoms with Crippen molar-refractivity contribution in [3.63, 3.8) is 0 Å². The molecule has 0 spiro atoms. The summed E-state index contributed by atoms with van der Waals surface area (Å²) >= 11 is 0. The van der Waals surface area contributed by atoms with E-state index < -0.39 is 4.92 Å². The van der Waals surface area contributed by atoms with Crippen molar-refractivity contribution in [2.75, 3.05) is 0 Å². The maximum Gasteiger partial charge on any atom is 0.353 e. The number of aryl methyl sites for hydroxylation is 2. The van der Waals surface area contributed by atoms with E-state index in [2.05, 4.69) is 5.10 Å². The summed E-state index contributed by atoms with van der Waals surface area (Å²) in [6.07, 6.45) is 1.28. The summed E-state index contributed by atoms with van der Waals surface area (Å²) in [6, 6.07) is 6.77. The quantitative estimate of drug-likeness (QED) is 0.652. The van der Waals surface area contributed by atoms with Crippen LogP contribution in [0.1, 0.15) is 24.6 Å². The Morgan fingerprint density at radius 3 is 2.86 bits per heavy atom. The van der Waals surface area contributed by atoms with Crippen LogP contribution in [0, 0.1) is 10.1 Å². The van der Waals surface area contributed by atoms with Gasteiger partial charge in [0.15, 0.2) is 0 Å². The average Bonchev–Trinajstić information content (AvgIpc) is 2.76. The highest BCUT2D eigenvalue weighted by atomic mass is 16.6. The molecule has 2 rings (SSSR count). The highest BCUT2D eigenvalue weighted by molar-refractivity contribution is 5.48. The average molecular weight is 291 g/mol. The lowest BCUT2D eigenvalue weighted by Gasteiger charge is -2.06. The third kappa shape index (κ3) is 3.19. The maximum absolute atomic E-state index is 11.3. The molecule has 0 saturated heterocycles. The summed E-state index contributed by atoms with van der Waals surface area (Å²) in [5.41, 5.74) is 0.984. The number of ether oxygens (including phenoxy) is 1. The fourth-order valence-electron chi connectivity index (χ4n) is 2.07. The van der Waals surface area contributed by atoms with E-state index in [1.165, 1.54) is 4.68 Å². The van der Waals surface area contributed by atoms with Gasteiger partial charge >= 0.3 is 5.69 Å². The van der Waals surface area contributed by atoms with Crippen LogP contribution >= 0.6 is 0 Å². The molecule has 0 amide bonds. The number of aromatic nitrogens is 2. The van der Waals surface area contributed by atoms with Crippen LogP contribution in [0.25, 0.3) is 0 Å². The van der Waals surface area contributed by atoms with Crippen molar-refractivity contribution in [3.05, 3.63) is 45.6 Å². The smallest absolute Gasteiger partial charge is 0.353 e. The first-order valence-corrected chi connectivity index (χ1v) is 6.64. The Morgan fingerprint density at radius 2 is 2.24 bits per heavy atom. The highest BCUT2D eigenvalue weighted by Crippen LogP contribution is 2.34. The molecule has 0 atom stereocenters. The van der Waals surface area contributed by atoms with Gasteiger partial charge in [0.25, 0.3) is 5.88 Å². The first kappa shape index (κ1) is 15.0. The van der Waals surface area contributed by atoms with E-state index >= 15 is 0 Å². The van der Waals surface area contributed by atoms with Crippen molar-refractivity contribution >= 4 is 5.69 Å². The van der Waals surface area contributed by atoms with Gasteiger partial charge in [-0.3, -0.25) is 10.1 Å². The molecule has 0 unspecified atom stereocenters. The fraction of sp³-hybridized carbons (Fsp3) is 0.357. The SMILES string of the molecule is CCCc1nn(C)c(Oc2cccc(CO)c2)c1[N+](=O)[O-]. The van der Waals surface area contributed by atoms with Crippen LogP contribution < -0.4 is 4.74 Å². The lowest BCUT2D eigenvalue weighted by molar-refractivity contribution is -0.386. The molecular weight excluding hydrogens is 274 g/mol. The molecule has 1 aromatic carbocycles. The van der Waals surface area contributed by atoms with Crippen molar-refractivity contribution in [2.24, 2.45) is 7.05 Å². The Kier molecular flexibility index (Phi) is 4.54. The first-order valence-electron chi connectivity index (χ1n) is 6.64. The maximum atomic E-state index is 11.3. The lowest BCUT2D eigenvalue weighted by atomic mass is 10.2. The Balaban J connectivity index is 2.40. The number of rotatable bonds is 6. The zero-order chi connectivity index (χ0) is 15.4. The van der Waals surface area contributed by atoms with E-state index in [9.17, 15) is 10.1 Å². The van der Waals surface area contributed by atoms with Crippen molar-refractivity contribution in [1.82, 2.24) is 9.78 Å². The molecule has 0 fully saturated rings. The van der Waals surface area contributed by atoms with Gasteiger partial charge in [-0.1, -0.05) is 25.5 Å². The summed E-state index contributed by atoms with van der Waals surface area (Å²) in [4.78, 5) is 10.8. The summed E-state index contributed by atoms with van der Waals surface area (Å²) in [6.45, 7) is 1.81. The number of aliphatic hydroxyl groups is 1. The van der Waals surface area contributed by atoms with Gasteiger partial charge in [0.05, 0.1) is 11.5 Å². The van der Waals surface area contributed by atoms with Crippen molar-refractivity contribution in [2.45, 2.75) is 26.4 Å². The summed E-state index contributed by atoms with van der Waals surface area (Å²) in [5.74, 6) is 0.522. The fourth-order valence-corrected chi connectivity index (χ4v) is 2.07. The van der Waals surface area contributed by atoms with Crippen LogP contribution in [0.5, 0.6) is 11.6 Å². The summed E-state index contributed by atoms with van der Waals surface area (Å²) in [7, 11) is 1.61. The van der Waals surface area contributed by atoms with Gasteiger partial charge in [0, 0.05) is 7.05 Å². The summed E-state index contributed by atoms with van der Waals surface area (Å²) in [5, 5.41) is 24.6. The van der Waals surface area contributed by atoms with Crippen LogP contribution in [0.15, 0.2) is 24.3 Å². The van der Waals surface area contributed by atoms with Gasteiger partial charge in [0.1, 0.15) is 11.4 Å². The number of nitro groups is 1. The second-order valence-electron chi connectivity index (χ2n) is 4.64. The first-order chi connectivity index (χ1) is 10.1. The molecule has 1 heterocycles. The molecule has 0 radical (unpaired) electrons. The topological polar surface area (TPSA) is 90.4 Å². The monoisotopic (exact) mass is 291 g/mol. The van der Waals surface area contributed by atoms with Gasteiger partial charge < -0.3 is 9.84 Å². The lowest BCUT2D eigenvalue weighted by Crippen LogP contribution is -1.98. The molecule has 112 valence electrons. The van der Waals surface area contributed by atoms with Gasteiger partial charge in [-0.2, -0.15) is 5.10 Å². The van der Waals surface area contributed by atoms with Crippen LogP contribution in [-0.4, -0.2) is 19.8 Å². The predicted octanol–water partition coefficient (Wildman–Crippen LogP) is 2.57. The minimum atomic E-state index is -0.469. The molecule has 21 heavy (non-hydrogen) atoms. The highest BCUT2D eigenvalue weighted by Gasteiger charge is 2.28. The van der Waals surface area contributed by atoms with Crippen LogP contribution in [0.3, 0.4) is 0 Å². The molecule has 0 saturated carbocycles. The van der Waals surface area contributed by atoms with Crippen LogP contribution in [-0.2, 0) is 20.1 Å². The van der Waals surface area contributed by atoms with Gasteiger partial charge in [-0.15, -0.1) is 0 Å². The Hall–Kier alpha value is -2.41. The predicted molar refractivity (Wildman–Crippen MR) is 76.3 cm³/mol. The minimum absolute atomic E-state index is 0.0959. The van der Waals surface area contributed by atoms with Crippen molar-refractivity contribution in [1.29, 1.82) is 0 Å². The second-order valence-corrected chi connectivity index (χ2v) is 4.64. The molecule has 0 bridgehead atoms. The van der Waals surface area contributed by atoms with Crippen molar-refractivity contribution in [3.8, 4) is 11.6 Å². The molecule has 1 N–H and O–H groups in total. The second kappa shape index (κ2) is 6.36. The minimum Gasteiger partial charge on any atom is -0.434 e. The van der Waals surface area contributed by atoms with Crippen molar-refractivity contribution < 1.29 is 14.8 Å². The Labute approximate surface area is 121 Å². The third-order valence-electron chi connectivity index (χ3n) is 3.01. The molecule has 2 aromatic rings. The molecule has 0 aliphatic heterocycles. The molecule has 0 aliphatic rings. The van der Waals surface area contributed by atoms with Gasteiger partial charge in [-0.05, 0) is 24.1 Å². The number of aliphatic hydroxyl groups excluding tert-OH is 1. The number of hydrogen-bond donors (Lipinski definition) is 1. The number of nitrogens with zero attached hydrogens (tertiary/aromatic N) is 3. The van der Waals surface area contributed by atoms with E-state index in [-0.39, 0.29) is 18.2 Å². The third-order valence-corrected chi connectivity index (χ3v) is 3.01. The van der Waals surface area contributed by atoms with E-state index in [0.29, 0.717) is 23.4 Å². The van der Waals surface area contributed by atoms with E-state index in [1.807, 2.05) is 6.92 Å². The zero-order valence-corrected chi connectivity index (χ0v) is 11.9. The Bertz CT molecular complexity index is 652. The summed E-state index contributed by atoms with van der Waals surface area (Å²) < 4.78 is 6.99. The van der Waals surface area contributed by atoms with E-state index in [1.54, 1.807) is 31.3 Å². The number of hydrogen-bond acceptors (Lipinski definition) is 5. The molecule has 0 aliphatic carbocycles. The van der Waals surface area contributed by atoms with Crippen LogP contribution in [0.4, 0.5) is 5.69 Å². The number of benzene rings is 1.